The third kappa shape index (κ3) is 2.92. The van der Waals surface area contributed by atoms with Crippen LogP contribution in [0.1, 0.15) is 29.5 Å². The molecule has 1 aromatic heterocycles. The van der Waals surface area contributed by atoms with Gasteiger partial charge in [-0.3, -0.25) is 0 Å². The van der Waals surface area contributed by atoms with Crippen molar-refractivity contribution in [3.63, 3.8) is 0 Å². The number of para-hydroxylation sites is 1. The Kier molecular flexibility index (Phi) is 4.06. The molecule has 0 amide bonds. The van der Waals surface area contributed by atoms with Gasteiger partial charge < -0.3 is 5.11 Å². The van der Waals surface area contributed by atoms with Crippen LogP contribution in [0, 0.1) is 12.8 Å². The molecule has 140 valence electrons. The number of rotatable bonds is 5. The minimum atomic E-state index is -0.824. The van der Waals surface area contributed by atoms with Gasteiger partial charge in [0.05, 0.1) is 23.0 Å². The van der Waals surface area contributed by atoms with Gasteiger partial charge in [0.15, 0.2) is 0 Å². The molecule has 5 rings (SSSR count). The first-order valence-corrected chi connectivity index (χ1v) is 9.96. The van der Waals surface area contributed by atoms with Crippen LogP contribution in [0.25, 0.3) is 16.6 Å². The Hall–Kier alpha value is -2.91. The first-order valence-electron chi connectivity index (χ1n) is 9.96. The highest BCUT2D eigenvalue weighted by atomic mass is 16.3. The van der Waals surface area contributed by atoms with E-state index in [4.69, 9.17) is 0 Å². The molecule has 1 unspecified atom stereocenters. The van der Waals surface area contributed by atoms with Gasteiger partial charge in [-0.15, -0.1) is 0 Å². The largest absolute Gasteiger partial charge is 0.385 e. The monoisotopic (exact) mass is 368 g/mol. The molecule has 4 aromatic rings. The molecule has 3 heteroatoms. The molecule has 3 nitrogen and oxygen atoms in total. The van der Waals surface area contributed by atoms with Crippen LogP contribution in [0.3, 0.4) is 0 Å². The molecule has 1 saturated carbocycles. The second kappa shape index (κ2) is 6.61. The fourth-order valence-corrected chi connectivity index (χ4v) is 4.22. The van der Waals surface area contributed by atoms with Crippen LogP contribution < -0.4 is 0 Å². The molecular weight excluding hydrogens is 344 g/mol. The fourth-order valence-electron chi connectivity index (χ4n) is 4.22. The summed E-state index contributed by atoms with van der Waals surface area (Å²) >= 11 is 0. The molecule has 3 aromatic carbocycles. The van der Waals surface area contributed by atoms with Crippen LogP contribution in [0.4, 0.5) is 0 Å². The van der Waals surface area contributed by atoms with E-state index in [9.17, 15) is 5.11 Å². The molecule has 0 aliphatic heterocycles. The van der Waals surface area contributed by atoms with E-state index in [-0.39, 0.29) is 0 Å². The molecule has 1 aliphatic carbocycles. The topological polar surface area (TPSA) is 38.1 Å². The second-order valence-electron chi connectivity index (χ2n) is 7.97. The summed E-state index contributed by atoms with van der Waals surface area (Å²) in [4.78, 5) is 0. The van der Waals surface area contributed by atoms with Crippen molar-refractivity contribution in [3.05, 3.63) is 95.7 Å². The number of hydrogen-bond donors (Lipinski definition) is 1. The molecule has 0 spiro atoms. The van der Waals surface area contributed by atoms with E-state index in [1.54, 1.807) is 0 Å². The maximum absolute atomic E-state index is 11.8. The Balaban J connectivity index is 1.56. The van der Waals surface area contributed by atoms with Crippen molar-refractivity contribution in [2.24, 2.45) is 5.92 Å². The quantitative estimate of drug-likeness (QED) is 0.527. The number of benzene rings is 3. The fraction of sp³-hybridized carbons (Fsp3) is 0.240. The highest BCUT2D eigenvalue weighted by Gasteiger charge is 2.45. The van der Waals surface area contributed by atoms with E-state index < -0.39 is 5.60 Å². The van der Waals surface area contributed by atoms with Gasteiger partial charge in [-0.1, -0.05) is 48.5 Å². The average molecular weight is 368 g/mol. The van der Waals surface area contributed by atoms with Crippen molar-refractivity contribution in [2.45, 2.75) is 31.8 Å². The first kappa shape index (κ1) is 17.2. The van der Waals surface area contributed by atoms with E-state index in [2.05, 4.69) is 66.6 Å². The minimum absolute atomic E-state index is 0.328. The van der Waals surface area contributed by atoms with Crippen LogP contribution in [0.2, 0.25) is 0 Å². The molecule has 0 bridgehead atoms. The Morgan fingerprint density at radius 2 is 1.75 bits per heavy atom. The van der Waals surface area contributed by atoms with Crippen molar-refractivity contribution in [3.8, 4) is 5.69 Å². The van der Waals surface area contributed by atoms with E-state index in [0.29, 0.717) is 12.3 Å². The van der Waals surface area contributed by atoms with Crippen LogP contribution >= 0.6 is 0 Å². The standard InChI is InChI=1S/C25H24N2O/c1-18-7-5-6-8-19(18)16-25(28,21-11-12-21)22-13-14-24-20(15-22)17-26-27(24)23-9-3-2-4-10-23/h2-10,13-15,17,21,28H,11-12,16H2,1H3. The van der Waals surface area contributed by atoms with Crippen molar-refractivity contribution in [2.75, 3.05) is 0 Å². The number of hydrogen-bond acceptors (Lipinski definition) is 2. The van der Waals surface area contributed by atoms with Crippen LogP contribution in [-0.2, 0) is 12.0 Å². The third-order valence-electron chi connectivity index (χ3n) is 6.04. The number of aliphatic hydroxyl groups is 1. The zero-order valence-corrected chi connectivity index (χ0v) is 16.0. The predicted molar refractivity (Wildman–Crippen MR) is 113 cm³/mol. The lowest BCUT2D eigenvalue weighted by Crippen LogP contribution is -2.31. The smallest absolute Gasteiger partial charge is 0.0965 e. The van der Waals surface area contributed by atoms with Crippen molar-refractivity contribution < 1.29 is 5.11 Å². The predicted octanol–water partition coefficient (Wildman–Crippen LogP) is 5.17. The summed E-state index contributed by atoms with van der Waals surface area (Å²) in [6, 6.07) is 24.8. The van der Waals surface area contributed by atoms with Crippen LogP contribution in [0.5, 0.6) is 0 Å². The van der Waals surface area contributed by atoms with E-state index in [0.717, 1.165) is 35.0 Å². The van der Waals surface area contributed by atoms with E-state index in [1.165, 1.54) is 11.1 Å². The van der Waals surface area contributed by atoms with Gasteiger partial charge in [0.25, 0.3) is 0 Å². The minimum Gasteiger partial charge on any atom is -0.385 e. The van der Waals surface area contributed by atoms with E-state index in [1.807, 2.05) is 29.1 Å². The highest BCUT2D eigenvalue weighted by Crippen LogP contribution is 2.48. The van der Waals surface area contributed by atoms with Gasteiger partial charge in [-0.05, 0) is 66.6 Å². The molecule has 1 N–H and O–H groups in total. The molecule has 1 heterocycles. The molecule has 1 aliphatic rings. The van der Waals surface area contributed by atoms with E-state index >= 15 is 0 Å². The maximum atomic E-state index is 11.8. The first-order chi connectivity index (χ1) is 13.6. The summed E-state index contributed by atoms with van der Waals surface area (Å²) < 4.78 is 1.95. The van der Waals surface area contributed by atoms with Crippen LogP contribution in [-0.4, -0.2) is 14.9 Å². The molecule has 0 radical (unpaired) electrons. The Morgan fingerprint density at radius 1 is 1.00 bits per heavy atom. The average Bonchev–Trinajstić information content (AvgIpc) is 3.50. The lowest BCUT2D eigenvalue weighted by Gasteiger charge is -2.30. The summed E-state index contributed by atoms with van der Waals surface area (Å²) in [6.45, 7) is 2.12. The highest BCUT2D eigenvalue weighted by molar-refractivity contribution is 5.81. The summed E-state index contributed by atoms with van der Waals surface area (Å²) in [6.07, 6.45) is 4.73. The molecule has 1 fully saturated rings. The Labute approximate surface area is 165 Å². The Bertz CT molecular complexity index is 1130. The zero-order chi connectivity index (χ0) is 19.1. The SMILES string of the molecule is Cc1ccccc1CC(O)(c1ccc2c(cnn2-c2ccccc2)c1)C1CC1. The Morgan fingerprint density at radius 3 is 2.50 bits per heavy atom. The number of nitrogens with zero attached hydrogens (tertiary/aromatic N) is 2. The summed E-state index contributed by atoms with van der Waals surface area (Å²) in [5.74, 6) is 0.328. The van der Waals surface area contributed by atoms with Crippen molar-refractivity contribution in [1.29, 1.82) is 0 Å². The lowest BCUT2D eigenvalue weighted by atomic mass is 9.81. The van der Waals surface area contributed by atoms with Gasteiger partial charge in [-0.25, -0.2) is 4.68 Å². The van der Waals surface area contributed by atoms with Gasteiger partial charge >= 0.3 is 0 Å². The maximum Gasteiger partial charge on any atom is 0.0965 e. The van der Waals surface area contributed by atoms with Gasteiger partial charge in [0.1, 0.15) is 0 Å². The number of aryl methyl sites for hydroxylation is 1. The summed E-state index contributed by atoms with van der Waals surface area (Å²) in [7, 11) is 0. The molecule has 0 saturated heterocycles. The second-order valence-corrected chi connectivity index (χ2v) is 7.97. The third-order valence-corrected chi connectivity index (χ3v) is 6.04. The number of fused-ring (bicyclic) bond motifs is 1. The van der Waals surface area contributed by atoms with Crippen LogP contribution in [0.15, 0.2) is 79.0 Å². The summed E-state index contributed by atoms with van der Waals surface area (Å²) in [5, 5.41) is 17.4. The van der Waals surface area contributed by atoms with Gasteiger partial charge in [0.2, 0.25) is 0 Å². The molecule has 28 heavy (non-hydrogen) atoms. The lowest BCUT2D eigenvalue weighted by molar-refractivity contribution is 0.0131. The molecule has 1 atom stereocenters. The van der Waals surface area contributed by atoms with Crippen molar-refractivity contribution >= 4 is 10.9 Å². The van der Waals surface area contributed by atoms with Crippen molar-refractivity contribution in [1.82, 2.24) is 9.78 Å². The zero-order valence-electron chi connectivity index (χ0n) is 16.0. The van der Waals surface area contributed by atoms with Gasteiger partial charge in [0, 0.05) is 11.8 Å². The normalized spacial score (nSPS) is 16.2. The number of aromatic nitrogens is 2. The molecular formula is C25H24N2O. The van der Waals surface area contributed by atoms with Gasteiger partial charge in [-0.2, -0.15) is 5.10 Å². The summed E-state index contributed by atoms with van der Waals surface area (Å²) in [5.41, 5.74) is 4.73.